The predicted octanol–water partition coefficient (Wildman–Crippen LogP) is 2.83. The molecule has 0 atom stereocenters. The van der Waals surface area contributed by atoms with E-state index in [1.54, 1.807) is 4.52 Å². The quantitative estimate of drug-likeness (QED) is 0.673. The number of hydrogen-bond acceptors (Lipinski definition) is 3. The third kappa shape index (κ3) is 1.85. The Labute approximate surface area is 98.5 Å². The van der Waals surface area contributed by atoms with Crippen molar-refractivity contribution in [3.05, 3.63) is 54.5 Å². The van der Waals surface area contributed by atoms with Gasteiger partial charge < -0.3 is 4.74 Å². The van der Waals surface area contributed by atoms with E-state index in [4.69, 9.17) is 4.74 Å². The van der Waals surface area contributed by atoms with E-state index in [0.717, 1.165) is 22.7 Å². The molecule has 0 saturated heterocycles. The van der Waals surface area contributed by atoms with Crippen molar-refractivity contribution in [2.24, 2.45) is 0 Å². The van der Waals surface area contributed by atoms with Gasteiger partial charge in [-0.25, -0.2) is 9.50 Å². The van der Waals surface area contributed by atoms with Gasteiger partial charge in [0, 0.05) is 12.3 Å². The lowest BCUT2D eigenvalue weighted by Gasteiger charge is -2.07. The van der Waals surface area contributed by atoms with Gasteiger partial charge in [-0.3, -0.25) is 0 Å². The van der Waals surface area contributed by atoms with E-state index in [1.165, 1.54) is 6.33 Å². The van der Waals surface area contributed by atoms with Crippen LogP contribution in [0.1, 0.15) is 5.56 Å². The number of aromatic nitrogens is 3. The van der Waals surface area contributed by atoms with Gasteiger partial charge in [0.05, 0.1) is 0 Å². The van der Waals surface area contributed by atoms with Crippen molar-refractivity contribution in [1.82, 2.24) is 14.6 Å². The van der Waals surface area contributed by atoms with E-state index in [2.05, 4.69) is 10.1 Å². The molecule has 4 heteroatoms. The largest absolute Gasteiger partial charge is 0.457 e. The van der Waals surface area contributed by atoms with Crippen molar-refractivity contribution in [2.75, 3.05) is 0 Å². The molecule has 2 aromatic heterocycles. The van der Waals surface area contributed by atoms with Gasteiger partial charge in [0.1, 0.15) is 17.8 Å². The third-order valence-electron chi connectivity index (χ3n) is 2.57. The second kappa shape index (κ2) is 3.90. The highest BCUT2D eigenvalue weighted by Gasteiger charge is 2.02. The van der Waals surface area contributed by atoms with E-state index >= 15 is 0 Å². The maximum absolute atomic E-state index is 5.81. The average Bonchev–Trinajstić information content (AvgIpc) is 2.79. The van der Waals surface area contributed by atoms with Crippen LogP contribution in [0.2, 0.25) is 0 Å². The number of nitrogens with zero attached hydrogens (tertiary/aromatic N) is 3. The van der Waals surface area contributed by atoms with Crippen molar-refractivity contribution in [1.29, 1.82) is 0 Å². The minimum absolute atomic E-state index is 0.764. The van der Waals surface area contributed by atoms with E-state index in [9.17, 15) is 0 Å². The van der Waals surface area contributed by atoms with Crippen molar-refractivity contribution in [3.8, 4) is 11.5 Å². The fraction of sp³-hybridized carbons (Fsp3) is 0.0769. The molecular formula is C13H11N3O. The van der Waals surface area contributed by atoms with Gasteiger partial charge in [0.2, 0.25) is 0 Å². The SMILES string of the molecule is Cc1ccccc1Oc1ccn2ncnc2c1. The van der Waals surface area contributed by atoms with Gasteiger partial charge in [0.15, 0.2) is 5.65 Å². The van der Waals surface area contributed by atoms with Crippen LogP contribution in [0.5, 0.6) is 11.5 Å². The Bertz CT molecular complexity index is 660. The number of hydrogen-bond donors (Lipinski definition) is 0. The lowest BCUT2D eigenvalue weighted by atomic mass is 10.2. The molecule has 0 amide bonds. The van der Waals surface area contributed by atoms with Gasteiger partial charge in [-0.2, -0.15) is 5.10 Å². The van der Waals surface area contributed by atoms with Gasteiger partial charge in [-0.1, -0.05) is 18.2 Å². The minimum Gasteiger partial charge on any atom is -0.457 e. The van der Waals surface area contributed by atoms with Gasteiger partial charge in [-0.05, 0) is 24.6 Å². The molecule has 0 aliphatic rings. The van der Waals surface area contributed by atoms with Crippen LogP contribution in [0.15, 0.2) is 48.9 Å². The highest BCUT2D eigenvalue weighted by atomic mass is 16.5. The molecule has 0 aliphatic carbocycles. The van der Waals surface area contributed by atoms with E-state index in [0.29, 0.717) is 0 Å². The molecule has 3 aromatic rings. The van der Waals surface area contributed by atoms with Crippen LogP contribution >= 0.6 is 0 Å². The van der Waals surface area contributed by atoms with Crippen LogP contribution in [0, 0.1) is 6.92 Å². The molecule has 3 rings (SSSR count). The number of benzene rings is 1. The average molecular weight is 225 g/mol. The number of pyridine rings is 1. The maximum Gasteiger partial charge on any atom is 0.158 e. The molecule has 0 unspecified atom stereocenters. The zero-order valence-corrected chi connectivity index (χ0v) is 9.37. The Balaban J connectivity index is 1.97. The Morgan fingerprint density at radius 3 is 2.94 bits per heavy atom. The molecule has 0 bridgehead atoms. The molecule has 2 heterocycles. The summed E-state index contributed by atoms with van der Waals surface area (Å²) < 4.78 is 7.50. The van der Waals surface area contributed by atoms with Crippen LogP contribution in [0.3, 0.4) is 0 Å². The number of fused-ring (bicyclic) bond motifs is 1. The first-order valence-electron chi connectivity index (χ1n) is 5.36. The molecule has 17 heavy (non-hydrogen) atoms. The summed E-state index contributed by atoms with van der Waals surface area (Å²) in [6, 6.07) is 11.6. The fourth-order valence-corrected chi connectivity index (χ4v) is 1.66. The topological polar surface area (TPSA) is 39.4 Å². The predicted molar refractivity (Wildman–Crippen MR) is 64.2 cm³/mol. The summed E-state index contributed by atoms with van der Waals surface area (Å²) >= 11 is 0. The fourth-order valence-electron chi connectivity index (χ4n) is 1.66. The smallest absolute Gasteiger partial charge is 0.158 e. The van der Waals surface area contributed by atoms with Crippen molar-refractivity contribution < 1.29 is 4.74 Å². The second-order valence-corrected chi connectivity index (χ2v) is 3.79. The summed E-state index contributed by atoms with van der Waals surface area (Å²) in [5.74, 6) is 1.62. The summed E-state index contributed by atoms with van der Waals surface area (Å²) in [7, 11) is 0. The second-order valence-electron chi connectivity index (χ2n) is 3.79. The minimum atomic E-state index is 0.764. The summed E-state index contributed by atoms with van der Waals surface area (Å²) in [6.45, 7) is 2.02. The van der Waals surface area contributed by atoms with Crippen LogP contribution in [0.4, 0.5) is 0 Å². The van der Waals surface area contributed by atoms with E-state index in [1.807, 2.05) is 49.5 Å². The summed E-state index contributed by atoms with van der Waals surface area (Å²) in [4.78, 5) is 4.12. The van der Waals surface area contributed by atoms with Gasteiger partial charge in [-0.15, -0.1) is 0 Å². The molecule has 0 N–H and O–H groups in total. The molecule has 4 nitrogen and oxygen atoms in total. The maximum atomic E-state index is 5.81. The standard InChI is InChI=1S/C13H11N3O/c1-10-4-2-3-5-12(10)17-11-6-7-16-13(8-11)14-9-15-16/h2-9H,1H3. The van der Waals surface area contributed by atoms with Crippen molar-refractivity contribution in [2.45, 2.75) is 6.92 Å². The Kier molecular flexibility index (Phi) is 2.26. The van der Waals surface area contributed by atoms with Crippen LogP contribution in [-0.4, -0.2) is 14.6 Å². The lowest BCUT2D eigenvalue weighted by Crippen LogP contribution is -1.90. The molecule has 0 fully saturated rings. The monoisotopic (exact) mass is 225 g/mol. The number of ether oxygens (including phenoxy) is 1. The third-order valence-corrected chi connectivity index (χ3v) is 2.57. The normalized spacial score (nSPS) is 10.6. The highest BCUT2D eigenvalue weighted by Crippen LogP contribution is 2.24. The Morgan fingerprint density at radius 1 is 1.18 bits per heavy atom. The van der Waals surface area contributed by atoms with E-state index < -0.39 is 0 Å². The summed E-state index contributed by atoms with van der Waals surface area (Å²) in [6.07, 6.45) is 3.35. The first-order valence-corrected chi connectivity index (χ1v) is 5.36. The number of rotatable bonds is 2. The Morgan fingerprint density at radius 2 is 2.06 bits per heavy atom. The first kappa shape index (κ1) is 9.84. The summed E-state index contributed by atoms with van der Waals surface area (Å²) in [5.41, 5.74) is 1.88. The molecule has 0 radical (unpaired) electrons. The summed E-state index contributed by atoms with van der Waals surface area (Å²) in [5, 5.41) is 4.03. The lowest BCUT2D eigenvalue weighted by molar-refractivity contribution is 0.478. The number of para-hydroxylation sites is 1. The molecule has 0 saturated carbocycles. The molecular weight excluding hydrogens is 214 g/mol. The van der Waals surface area contributed by atoms with Crippen LogP contribution in [0.25, 0.3) is 5.65 Å². The number of aryl methyl sites for hydroxylation is 1. The molecule has 0 spiro atoms. The zero-order chi connectivity index (χ0) is 11.7. The molecule has 0 aliphatic heterocycles. The van der Waals surface area contributed by atoms with Crippen molar-refractivity contribution in [3.63, 3.8) is 0 Å². The van der Waals surface area contributed by atoms with Gasteiger partial charge in [0.25, 0.3) is 0 Å². The van der Waals surface area contributed by atoms with Gasteiger partial charge >= 0.3 is 0 Å². The highest BCUT2D eigenvalue weighted by molar-refractivity contribution is 5.45. The first-order chi connectivity index (χ1) is 8.33. The molecule has 1 aromatic carbocycles. The van der Waals surface area contributed by atoms with Crippen LogP contribution in [-0.2, 0) is 0 Å². The Hall–Kier alpha value is -2.36. The van der Waals surface area contributed by atoms with Crippen molar-refractivity contribution >= 4 is 5.65 Å². The van der Waals surface area contributed by atoms with E-state index in [-0.39, 0.29) is 0 Å². The molecule has 84 valence electrons. The zero-order valence-electron chi connectivity index (χ0n) is 9.37. The van der Waals surface area contributed by atoms with Crippen LogP contribution < -0.4 is 4.74 Å².